The molecule has 0 radical (unpaired) electrons. The zero-order valence-corrected chi connectivity index (χ0v) is 20.2. The first-order chi connectivity index (χ1) is 14.7. The predicted octanol–water partition coefficient (Wildman–Crippen LogP) is 4.41. The molecule has 1 N–H and O–H groups in total. The Hall–Kier alpha value is -2.43. The Labute approximate surface area is 191 Å². The van der Waals surface area contributed by atoms with E-state index in [0.29, 0.717) is 10.8 Å². The molecular formula is C21H24N4O3S3. The Bertz CT molecular complexity index is 1170. The molecule has 0 atom stereocenters. The van der Waals surface area contributed by atoms with E-state index in [4.69, 9.17) is 0 Å². The first-order valence-corrected chi connectivity index (χ1v) is 12.9. The molecular weight excluding hydrogens is 452 g/mol. The lowest BCUT2D eigenvalue weighted by Gasteiger charge is -2.26. The van der Waals surface area contributed by atoms with Gasteiger partial charge in [0.1, 0.15) is 6.54 Å². The maximum absolute atomic E-state index is 13.5. The normalized spacial score (nSPS) is 11.4. The summed E-state index contributed by atoms with van der Waals surface area (Å²) in [7, 11) is -3.97. The van der Waals surface area contributed by atoms with Crippen molar-refractivity contribution in [3.05, 3.63) is 59.2 Å². The van der Waals surface area contributed by atoms with E-state index in [9.17, 15) is 13.2 Å². The molecule has 3 rings (SSSR count). The molecule has 0 aliphatic rings. The number of aryl methyl sites for hydroxylation is 3. The van der Waals surface area contributed by atoms with Crippen LogP contribution in [0.2, 0.25) is 0 Å². The third-order valence-corrected chi connectivity index (χ3v) is 8.08. The number of carbonyl (C=O) groups excluding carboxylic acids is 1. The fourth-order valence-corrected chi connectivity index (χ4v) is 6.00. The van der Waals surface area contributed by atoms with Gasteiger partial charge < -0.3 is 0 Å². The Morgan fingerprint density at radius 2 is 1.74 bits per heavy atom. The summed E-state index contributed by atoms with van der Waals surface area (Å²) in [5.41, 5.74) is 3.07. The number of sulfonamides is 1. The smallest absolute Gasteiger partial charge is 0.264 e. The van der Waals surface area contributed by atoms with Crippen LogP contribution in [0, 0.1) is 20.8 Å². The van der Waals surface area contributed by atoms with E-state index >= 15 is 0 Å². The minimum absolute atomic E-state index is 0.129. The second kappa shape index (κ2) is 9.80. The molecule has 7 nitrogen and oxygen atoms in total. The molecule has 0 saturated carbocycles. The molecule has 10 heteroatoms. The predicted molar refractivity (Wildman–Crippen MR) is 127 cm³/mol. The highest BCUT2D eigenvalue weighted by Crippen LogP contribution is 2.29. The molecule has 1 amide bonds. The number of nitrogens with one attached hydrogen (secondary N) is 1. The molecule has 2 aromatic carbocycles. The highest BCUT2D eigenvalue weighted by Gasteiger charge is 2.28. The minimum Gasteiger partial charge on any atom is -0.299 e. The number of hydrogen-bond acceptors (Lipinski definition) is 7. The molecule has 0 aliphatic carbocycles. The molecule has 1 heterocycles. The number of nitrogens with zero attached hydrogens (tertiary/aromatic N) is 3. The van der Waals surface area contributed by atoms with Crippen LogP contribution in [0.3, 0.4) is 0 Å². The fraction of sp³-hybridized carbons (Fsp3) is 0.286. The van der Waals surface area contributed by atoms with E-state index < -0.39 is 15.9 Å². The van der Waals surface area contributed by atoms with Gasteiger partial charge in [0.25, 0.3) is 10.0 Å². The van der Waals surface area contributed by atoms with Gasteiger partial charge in [-0.1, -0.05) is 59.9 Å². The minimum atomic E-state index is -3.97. The van der Waals surface area contributed by atoms with Crippen molar-refractivity contribution in [3.63, 3.8) is 0 Å². The van der Waals surface area contributed by atoms with Gasteiger partial charge in [-0.2, -0.15) is 0 Å². The molecule has 0 spiro atoms. The Balaban J connectivity index is 1.94. The average molecular weight is 477 g/mol. The number of rotatable bonds is 8. The third kappa shape index (κ3) is 5.63. The van der Waals surface area contributed by atoms with Gasteiger partial charge in [0.2, 0.25) is 11.0 Å². The summed E-state index contributed by atoms with van der Waals surface area (Å²) in [5, 5.41) is 11.0. The Kier molecular flexibility index (Phi) is 7.34. The van der Waals surface area contributed by atoms with Crippen LogP contribution in [0.1, 0.15) is 23.6 Å². The van der Waals surface area contributed by atoms with Crippen LogP contribution in [0.5, 0.6) is 0 Å². The van der Waals surface area contributed by atoms with Crippen molar-refractivity contribution in [2.45, 2.75) is 36.9 Å². The second-order valence-electron chi connectivity index (χ2n) is 6.97. The largest absolute Gasteiger partial charge is 0.299 e. The highest BCUT2D eigenvalue weighted by molar-refractivity contribution is 8.01. The number of thioether (sulfide) groups is 1. The van der Waals surface area contributed by atoms with Crippen molar-refractivity contribution >= 4 is 49.8 Å². The summed E-state index contributed by atoms with van der Waals surface area (Å²) in [6.07, 6.45) is 0. The van der Waals surface area contributed by atoms with E-state index in [1.807, 2.05) is 39.8 Å². The number of carbonyl (C=O) groups is 1. The number of benzene rings is 2. The van der Waals surface area contributed by atoms with Gasteiger partial charge in [0, 0.05) is 0 Å². The summed E-state index contributed by atoms with van der Waals surface area (Å²) in [5.74, 6) is 0.360. The number of hydrogen-bond donors (Lipinski definition) is 1. The first kappa shape index (κ1) is 23.2. The van der Waals surface area contributed by atoms with Crippen LogP contribution in [0.4, 0.5) is 10.8 Å². The summed E-state index contributed by atoms with van der Waals surface area (Å²) in [6.45, 7) is 7.22. The van der Waals surface area contributed by atoms with E-state index in [1.54, 1.807) is 30.3 Å². The van der Waals surface area contributed by atoms with Crippen LogP contribution < -0.4 is 9.62 Å². The van der Waals surface area contributed by atoms with E-state index in [1.165, 1.54) is 23.1 Å². The molecule has 3 aromatic rings. The van der Waals surface area contributed by atoms with Gasteiger partial charge in [-0.05, 0) is 55.9 Å². The van der Waals surface area contributed by atoms with E-state index in [-0.39, 0.29) is 11.4 Å². The van der Waals surface area contributed by atoms with Crippen molar-refractivity contribution in [1.82, 2.24) is 10.2 Å². The zero-order chi connectivity index (χ0) is 22.6. The van der Waals surface area contributed by atoms with Gasteiger partial charge in [-0.15, -0.1) is 10.2 Å². The van der Waals surface area contributed by atoms with Gasteiger partial charge in [0.15, 0.2) is 4.34 Å². The molecule has 0 saturated heterocycles. The SMILES string of the molecule is CCSc1nnc(NC(=O)CN(c2cc(C)ccc2C)S(=O)(=O)c2ccc(C)cc2)s1. The summed E-state index contributed by atoms with van der Waals surface area (Å²) in [4.78, 5) is 12.9. The quantitative estimate of drug-likeness (QED) is 0.382. The average Bonchev–Trinajstić information content (AvgIpc) is 3.15. The van der Waals surface area contributed by atoms with Gasteiger partial charge in [0.05, 0.1) is 10.6 Å². The highest BCUT2D eigenvalue weighted by atomic mass is 32.2. The van der Waals surface area contributed by atoms with Crippen LogP contribution in [0.15, 0.2) is 51.7 Å². The Morgan fingerprint density at radius 3 is 2.42 bits per heavy atom. The second-order valence-corrected chi connectivity index (χ2v) is 11.3. The summed E-state index contributed by atoms with van der Waals surface area (Å²) < 4.78 is 28.9. The van der Waals surface area contributed by atoms with Crippen molar-refractivity contribution < 1.29 is 13.2 Å². The third-order valence-electron chi connectivity index (χ3n) is 4.45. The van der Waals surface area contributed by atoms with Crippen molar-refractivity contribution in [3.8, 4) is 0 Å². The standard InChI is InChI=1S/C21H24N4O3S3/c1-5-29-21-24-23-20(30-21)22-19(26)13-25(18-12-15(3)6-9-16(18)4)31(27,28)17-10-7-14(2)8-11-17/h6-12H,5,13H2,1-4H3,(H,22,23,26). The number of anilines is 2. The summed E-state index contributed by atoms with van der Waals surface area (Å²) >= 11 is 2.79. The lowest BCUT2D eigenvalue weighted by molar-refractivity contribution is -0.114. The topological polar surface area (TPSA) is 92.3 Å². The van der Waals surface area contributed by atoms with Gasteiger partial charge in [-0.25, -0.2) is 8.42 Å². The van der Waals surface area contributed by atoms with Crippen LogP contribution in [-0.4, -0.2) is 36.8 Å². The van der Waals surface area contributed by atoms with Crippen molar-refractivity contribution in [1.29, 1.82) is 0 Å². The van der Waals surface area contributed by atoms with E-state index in [2.05, 4.69) is 15.5 Å². The number of aromatic nitrogens is 2. The van der Waals surface area contributed by atoms with Crippen LogP contribution >= 0.6 is 23.1 Å². The zero-order valence-electron chi connectivity index (χ0n) is 17.7. The van der Waals surface area contributed by atoms with E-state index in [0.717, 1.165) is 31.1 Å². The lowest BCUT2D eigenvalue weighted by Crippen LogP contribution is -2.38. The van der Waals surface area contributed by atoms with Crippen LogP contribution in [-0.2, 0) is 14.8 Å². The lowest BCUT2D eigenvalue weighted by atomic mass is 10.1. The van der Waals surface area contributed by atoms with Crippen LogP contribution in [0.25, 0.3) is 0 Å². The fourth-order valence-electron chi connectivity index (χ4n) is 2.86. The first-order valence-electron chi connectivity index (χ1n) is 9.63. The molecule has 0 aliphatic heterocycles. The molecule has 0 bridgehead atoms. The van der Waals surface area contributed by atoms with Gasteiger partial charge >= 0.3 is 0 Å². The maximum Gasteiger partial charge on any atom is 0.264 e. The number of amides is 1. The maximum atomic E-state index is 13.5. The Morgan fingerprint density at radius 1 is 1.06 bits per heavy atom. The molecule has 0 unspecified atom stereocenters. The molecule has 31 heavy (non-hydrogen) atoms. The van der Waals surface area contributed by atoms with Crippen molar-refractivity contribution in [2.24, 2.45) is 0 Å². The molecule has 164 valence electrons. The van der Waals surface area contributed by atoms with Gasteiger partial charge in [-0.3, -0.25) is 14.4 Å². The monoisotopic (exact) mass is 476 g/mol. The molecule has 1 aromatic heterocycles. The molecule has 0 fully saturated rings. The summed E-state index contributed by atoms with van der Waals surface area (Å²) in [6, 6.07) is 12.1. The van der Waals surface area contributed by atoms with Crippen molar-refractivity contribution in [2.75, 3.05) is 21.9 Å².